The third-order valence-corrected chi connectivity index (χ3v) is 4.22. The van der Waals surface area contributed by atoms with Crippen LogP contribution in [-0.2, 0) is 17.8 Å². The van der Waals surface area contributed by atoms with Crippen LogP contribution in [0.4, 0.5) is 0 Å². The summed E-state index contributed by atoms with van der Waals surface area (Å²) in [6, 6.07) is 15.1. The van der Waals surface area contributed by atoms with E-state index >= 15 is 0 Å². The largest absolute Gasteiger partial charge is 0.351 e. The molecule has 0 spiro atoms. The summed E-state index contributed by atoms with van der Waals surface area (Å²) in [4.78, 5) is 20.9. The first-order valence-electron chi connectivity index (χ1n) is 8.03. The highest BCUT2D eigenvalue weighted by molar-refractivity contribution is 6.30. The normalized spacial score (nSPS) is 11.7. The van der Waals surface area contributed by atoms with Crippen LogP contribution in [0.3, 0.4) is 0 Å². The van der Waals surface area contributed by atoms with E-state index in [0.29, 0.717) is 18.0 Å². The van der Waals surface area contributed by atoms with E-state index in [1.54, 1.807) is 24.8 Å². The molecular formula is C20H18ClN3O. The molecule has 0 aliphatic carbocycles. The first-order chi connectivity index (χ1) is 12.2. The molecule has 0 bridgehead atoms. The first kappa shape index (κ1) is 17.1. The van der Waals surface area contributed by atoms with E-state index in [2.05, 4.69) is 15.3 Å². The van der Waals surface area contributed by atoms with Crippen LogP contribution < -0.4 is 5.32 Å². The molecular weight excluding hydrogens is 334 g/mol. The lowest BCUT2D eigenvalue weighted by Crippen LogP contribution is -2.30. The monoisotopic (exact) mass is 351 g/mol. The summed E-state index contributed by atoms with van der Waals surface area (Å²) in [7, 11) is 0. The maximum atomic E-state index is 12.8. The number of nitrogens with zero attached hydrogens (tertiary/aromatic N) is 2. The predicted octanol–water partition coefficient (Wildman–Crippen LogP) is 3.77. The highest BCUT2D eigenvalue weighted by atomic mass is 35.5. The van der Waals surface area contributed by atoms with Crippen LogP contribution in [0.25, 0.3) is 0 Å². The van der Waals surface area contributed by atoms with Gasteiger partial charge in [0, 0.05) is 36.4 Å². The van der Waals surface area contributed by atoms with Crippen molar-refractivity contribution in [2.24, 2.45) is 0 Å². The average molecular weight is 352 g/mol. The van der Waals surface area contributed by atoms with Gasteiger partial charge < -0.3 is 5.32 Å². The molecule has 4 nitrogen and oxygen atoms in total. The molecule has 126 valence electrons. The van der Waals surface area contributed by atoms with Crippen molar-refractivity contribution in [3.05, 3.63) is 95.0 Å². The Morgan fingerprint density at radius 3 is 2.40 bits per heavy atom. The molecule has 0 fully saturated rings. The highest BCUT2D eigenvalue weighted by Crippen LogP contribution is 2.23. The van der Waals surface area contributed by atoms with Crippen molar-refractivity contribution < 1.29 is 4.79 Å². The molecule has 3 rings (SSSR count). The molecule has 0 aliphatic heterocycles. The van der Waals surface area contributed by atoms with Crippen molar-refractivity contribution in [1.82, 2.24) is 15.3 Å². The number of rotatable bonds is 6. The number of carbonyl (C=O) groups is 1. The van der Waals surface area contributed by atoms with Gasteiger partial charge in [0.05, 0.1) is 5.92 Å². The number of aromatic nitrogens is 2. The third kappa shape index (κ3) is 4.88. The molecule has 25 heavy (non-hydrogen) atoms. The fourth-order valence-electron chi connectivity index (χ4n) is 2.63. The van der Waals surface area contributed by atoms with Crippen LogP contribution in [0.15, 0.2) is 73.3 Å². The van der Waals surface area contributed by atoms with Gasteiger partial charge >= 0.3 is 0 Å². The zero-order chi connectivity index (χ0) is 17.5. The van der Waals surface area contributed by atoms with E-state index in [1.165, 1.54) is 0 Å². The van der Waals surface area contributed by atoms with Gasteiger partial charge in [-0.1, -0.05) is 29.8 Å². The standard InChI is InChI=1S/C20H18ClN3O/c21-18-5-3-17(4-6-18)19(12-15-7-10-22-11-8-15)20(25)24-14-16-2-1-9-23-13-16/h1-11,13,19H,12,14H2,(H,24,25). The Morgan fingerprint density at radius 2 is 1.72 bits per heavy atom. The molecule has 0 radical (unpaired) electrons. The third-order valence-electron chi connectivity index (χ3n) is 3.97. The topological polar surface area (TPSA) is 54.9 Å². The summed E-state index contributed by atoms with van der Waals surface area (Å²) in [5, 5.41) is 3.66. The molecule has 1 amide bonds. The van der Waals surface area contributed by atoms with Gasteiger partial charge in [-0.3, -0.25) is 14.8 Å². The van der Waals surface area contributed by atoms with E-state index in [-0.39, 0.29) is 11.8 Å². The summed E-state index contributed by atoms with van der Waals surface area (Å²) >= 11 is 5.98. The van der Waals surface area contributed by atoms with E-state index in [4.69, 9.17) is 11.6 Å². The van der Waals surface area contributed by atoms with Crippen LogP contribution in [0.5, 0.6) is 0 Å². The van der Waals surface area contributed by atoms with Crippen LogP contribution in [0.1, 0.15) is 22.6 Å². The summed E-state index contributed by atoms with van der Waals surface area (Å²) < 4.78 is 0. The van der Waals surface area contributed by atoms with Crippen molar-refractivity contribution >= 4 is 17.5 Å². The maximum absolute atomic E-state index is 12.8. The van der Waals surface area contributed by atoms with Crippen LogP contribution in [0.2, 0.25) is 5.02 Å². The van der Waals surface area contributed by atoms with Crippen molar-refractivity contribution in [1.29, 1.82) is 0 Å². The molecule has 5 heteroatoms. The minimum Gasteiger partial charge on any atom is -0.351 e. The Morgan fingerprint density at radius 1 is 0.960 bits per heavy atom. The molecule has 0 saturated carbocycles. The smallest absolute Gasteiger partial charge is 0.228 e. The van der Waals surface area contributed by atoms with E-state index in [9.17, 15) is 4.79 Å². The Hall–Kier alpha value is -2.72. The number of benzene rings is 1. The Balaban J connectivity index is 1.77. The number of hydrogen-bond donors (Lipinski definition) is 1. The molecule has 1 N–H and O–H groups in total. The van der Waals surface area contributed by atoms with Gasteiger partial charge in [-0.2, -0.15) is 0 Å². The summed E-state index contributed by atoms with van der Waals surface area (Å²) in [5.41, 5.74) is 2.96. The number of amides is 1. The molecule has 1 aromatic carbocycles. The van der Waals surface area contributed by atoms with Crippen molar-refractivity contribution in [3.8, 4) is 0 Å². The molecule has 0 aliphatic rings. The fraction of sp³-hybridized carbons (Fsp3) is 0.150. The lowest BCUT2D eigenvalue weighted by atomic mass is 9.91. The summed E-state index contributed by atoms with van der Waals surface area (Å²) in [5.74, 6) is -0.320. The number of hydrogen-bond acceptors (Lipinski definition) is 3. The quantitative estimate of drug-likeness (QED) is 0.735. The average Bonchev–Trinajstić information content (AvgIpc) is 2.67. The fourth-order valence-corrected chi connectivity index (χ4v) is 2.75. The van der Waals surface area contributed by atoms with Crippen LogP contribution in [0, 0.1) is 0 Å². The van der Waals surface area contributed by atoms with Crippen molar-refractivity contribution in [2.75, 3.05) is 0 Å². The van der Waals surface area contributed by atoms with Gasteiger partial charge in [-0.15, -0.1) is 0 Å². The molecule has 2 heterocycles. The van der Waals surface area contributed by atoms with Crippen LogP contribution in [-0.4, -0.2) is 15.9 Å². The van der Waals surface area contributed by atoms with Gasteiger partial charge in [0.1, 0.15) is 0 Å². The second kappa shape index (κ2) is 8.40. The SMILES string of the molecule is O=C(NCc1cccnc1)C(Cc1ccncc1)c1ccc(Cl)cc1. The highest BCUT2D eigenvalue weighted by Gasteiger charge is 2.21. The number of pyridine rings is 2. The van der Waals surface area contributed by atoms with Crippen molar-refractivity contribution in [2.45, 2.75) is 18.9 Å². The van der Waals surface area contributed by atoms with Crippen molar-refractivity contribution in [3.63, 3.8) is 0 Å². The molecule has 2 aromatic heterocycles. The number of carbonyl (C=O) groups excluding carboxylic acids is 1. The lowest BCUT2D eigenvalue weighted by molar-refractivity contribution is -0.122. The van der Waals surface area contributed by atoms with E-state index in [0.717, 1.165) is 16.7 Å². The Labute approximate surface area is 151 Å². The predicted molar refractivity (Wildman–Crippen MR) is 98.2 cm³/mol. The zero-order valence-electron chi connectivity index (χ0n) is 13.6. The zero-order valence-corrected chi connectivity index (χ0v) is 14.4. The second-order valence-electron chi connectivity index (χ2n) is 5.74. The van der Waals surface area contributed by atoms with Gasteiger partial charge in [0.25, 0.3) is 0 Å². The first-order valence-corrected chi connectivity index (χ1v) is 8.41. The van der Waals surface area contributed by atoms with E-state index < -0.39 is 0 Å². The van der Waals surface area contributed by atoms with Gasteiger partial charge in [0.15, 0.2) is 0 Å². The second-order valence-corrected chi connectivity index (χ2v) is 6.18. The lowest BCUT2D eigenvalue weighted by Gasteiger charge is -2.17. The van der Waals surface area contributed by atoms with Gasteiger partial charge in [-0.25, -0.2) is 0 Å². The number of nitrogens with one attached hydrogen (secondary N) is 1. The molecule has 1 atom stereocenters. The summed E-state index contributed by atoms with van der Waals surface area (Å²) in [6.45, 7) is 0.451. The maximum Gasteiger partial charge on any atom is 0.228 e. The number of halogens is 1. The molecule has 1 unspecified atom stereocenters. The molecule has 0 saturated heterocycles. The molecule has 3 aromatic rings. The minimum absolute atomic E-state index is 0.0250. The van der Waals surface area contributed by atoms with Gasteiger partial charge in [-0.05, 0) is 53.4 Å². The summed E-state index contributed by atoms with van der Waals surface area (Å²) in [6.07, 6.45) is 7.54. The minimum atomic E-state index is -0.295. The Kier molecular flexibility index (Phi) is 5.75. The van der Waals surface area contributed by atoms with E-state index in [1.807, 2.05) is 48.5 Å². The Bertz CT molecular complexity index is 807. The van der Waals surface area contributed by atoms with Crippen LogP contribution >= 0.6 is 11.6 Å². The van der Waals surface area contributed by atoms with Gasteiger partial charge in [0.2, 0.25) is 5.91 Å².